The molecule has 1 heterocycles. The Hall–Kier alpha value is -2.46. The van der Waals surface area contributed by atoms with Crippen LogP contribution in [-0.2, 0) is 19.6 Å². The smallest absolute Gasteiger partial charge is 0.325 e. The number of nitrogens with one attached hydrogen (secondary N) is 1. The molecular formula is C23H34N4O5S. The van der Waals surface area contributed by atoms with Gasteiger partial charge in [0.15, 0.2) is 0 Å². The van der Waals surface area contributed by atoms with Crippen molar-refractivity contribution in [2.24, 2.45) is 16.5 Å². The van der Waals surface area contributed by atoms with Gasteiger partial charge in [-0.25, -0.2) is 18.4 Å². The summed E-state index contributed by atoms with van der Waals surface area (Å²) in [5.74, 6) is -0.290. The maximum absolute atomic E-state index is 13.2. The summed E-state index contributed by atoms with van der Waals surface area (Å²) >= 11 is 0. The van der Waals surface area contributed by atoms with Gasteiger partial charge < -0.3 is 10.2 Å². The van der Waals surface area contributed by atoms with E-state index in [-0.39, 0.29) is 22.8 Å². The number of hydrogen-bond donors (Lipinski definition) is 2. The molecule has 1 saturated carbocycles. The van der Waals surface area contributed by atoms with E-state index in [0.717, 1.165) is 17.7 Å². The minimum absolute atomic E-state index is 0.0467. The van der Waals surface area contributed by atoms with Crippen LogP contribution < -0.4 is 10.5 Å². The molecule has 4 amide bonds. The van der Waals surface area contributed by atoms with Gasteiger partial charge in [-0.1, -0.05) is 32.9 Å². The summed E-state index contributed by atoms with van der Waals surface area (Å²) < 4.78 is 23.3. The maximum Gasteiger partial charge on any atom is 0.325 e. The van der Waals surface area contributed by atoms with Crippen molar-refractivity contribution in [3.05, 3.63) is 29.8 Å². The number of hydrogen-bond acceptors (Lipinski definition) is 5. The van der Waals surface area contributed by atoms with Crippen molar-refractivity contribution in [1.29, 1.82) is 0 Å². The number of carbonyl (C=O) groups is 3. The molecule has 0 radical (unpaired) electrons. The lowest BCUT2D eigenvalue weighted by atomic mass is 9.67. The van der Waals surface area contributed by atoms with Crippen LogP contribution in [0.5, 0.6) is 0 Å². The minimum Gasteiger partial charge on any atom is -0.337 e. The van der Waals surface area contributed by atoms with Crippen LogP contribution in [-0.4, -0.2) is 55.2 Å². The summed E-state index contributed by atoms with van der Waals surface area (Å²) in [5.41, 5.74) is -0.207. The number of amides is 4. The van der Waals surface area contributed by atoms with Gasteiger partial charge in [-0.2, -0.15) is 0 Å². The zero-order valence-corrected chi connectivity index (χ0v) is 20.7. The van der Waals surface area contributed by atoms with Gasteiger partial charge >= 0.3 is 6.03 Å². The lowest BCUT2D eigenvalue weighted by molar-refractivity contribution is -0.140. The number of benzene rings is 1. The van der Waals surface area contributed by atoms with Crippen LogP contribution >= 0.6 is 0 Å². The predicted octanol–water partition coefficient (Wildman–Crippen LogP) is 2.38. The highest BCUT2D eigenvalue weighted by Gasteiger charge is 2.53. The fraction of sp³-hybridized carbons (Fsp3) is 0.609. The van der Waals surface area contributed by atoms with Crippen molar-refractivity contribution < 1.29 is 22.8 Å². The molecule has 0 bridgehead atoms. The van der Waals surface area contributed by atoms with Crippen LogP contribution in [0.15, 0.2) is 29.2 Å². The largest absolute Gasteiger partial charge is 0.337 e. The van der Waals surface area contributed by atoms with Gasteiger partial charge in [0, 0.05) is 7.05 Å². The van der Waals surface area contributed by atoms with Gasteiger partial charge in [-0.05, 0) is 61.6 Å². The fourth-order valence-corrected chi connectivity index (χ4v) is 5.34. The zero-order valence-electron chi connectivity index (χ0n) is 19.9. The molecule has 1 aliphatic heterocycles. The summed E-state index contributed by atoms with van der Waals surface area (Å²) in [5, 5.41) is 8.06. The Bertz CT molecular complexity index is 1050. The summed E-state index contributed by atoms with van der Waals surface area (Å²) in [4.78, 5) is 41.1. The van der Waals surface area contributed by atoms with E-state index in [1.54, 1.807) is 26.1 Å². The molecule has 1 unspecified atom stereocenters. The van der Waals surface area contributed by atoms with Gasteiger partial charge in [-0.15, -0.1) is 0 Å². The van der Waals surface area contributed by atoms with E-state index >= 15 is 0 Å². The third-order valence-electron chi connectivity index (χ3n) is 7.25. The summed E-state index contributed by atoms with van der Waals surface area (Å²) in [6.07, 6.45) is 2.82. The molecule has 10 heteroatoms. The molecule has 182 valence electrons. The van der Waals surface area contributed by atoms with E-state index in [2.05, 4.69) is 26.1 Å². The van der Waals surface area contributed by atoms with Crippen molar-refractivity contribution in [3.63, 3.8) is 0 Å². The summed E-state index contributed by atoms with van der Waals surface area (Å²) in [7, 11) is -2.32. The number of primary sulfonamides is 1. The third-order valence-corrected chi connectivity index (χ3v) is 8.16. The average Bonchev–Trinajstić information content (AvgIpc) is 2.95. The highest BCUT2D eigenvalue weighted by atomic mass is 32.2. The highest BCUT2D eigenvalue weighted by molar-refractivity contribution is 7.89. The van der Waals surface area contributed by atoms with Crippen molar-refractivity contribution in [3.8, 4) is 0 Å². The van der Waals surface area contributed by atoms with Crippen LogP contribution in [0.25, 0.3) is 0 Å². The second-order valence-corrected chi connectivity index (χ2v) is 11.9. The summed E-state index contributed by atoms with van der Waals surface area (Å²) in [6, 6.07) is 5.02. The van der Waals surface area contributed by atoms with Crippen molar-refractivity contribution in [2.45, 2.75) is 69.9 Å². The number of rotatable bonds is 5. The quantitative estimate of drug-likeness (QED) is 0.628. The highest BCUT2D eigenvalue weighted by Crippen LogP contribution is 2.43. The Morgan fingerprint density at radius 2 is 1.88 bits per heavy atom. The number of imide groups is 1. The van der Waals surface area contributed by atoms with Gasteiger partial charge in [0.2, 0.25) is 15.9 Å². The maximum atomic E-state index is 13.2. The molecule has 1 saturated heterocycles. The van der Waals surface area contributed by atoms with Crippen molar-refractivity contribution in [1.82, 2.24) is 15.1 Å². The molecule has 1 aliphatic carbocycles. The molecule has 1 aromatic rings. The molecule has 3 N–H and O–H groups in total. The Labute approximate surface area is 195 Å². The Morgan fingerprint density at radius 3 is 2.42 bits per heavy atom. The first kappa shape index (κ1) is 25.2. The second-order valence-electron chi connectivity index (χ2n) is 10.3. The summed E-state index contributed by atoms with van der Waals surface area (Å²) in [6.45, 7) is 7.92. The Kier molecular flexibility index (Phi) is 6.65. The molecule has 1 aromatic carbocycles. The van der Waals surface area contributed by atoms with Gasteiger partial charge in [-0.3, -0.25) is 14.5 Å². The topological polar surface area (TPSA) is 130 Å². The number of sulfonamides is 1. The second kappa shape index (κ2) is 8.72. The van der Waals surface area contributed by atoms with Crippen molar-refractivity contribution >= 4 is 27.9 Å². The molecular weight excluding hydrogens is 444 g/mol. The van der Waals surface area contributed by atoms with E-state index < -0.39 is 33.5 Å². The van der Waals surface area contributed by atoms with Gasteiger partial charge in [0.1, 0.15) is 12.1 Å². The van der Waals surface area contributed by atoms with Crippen LogP contribution in [0.4, 0.5) is 4.79 Å². The SMILES string of the molecule is CC(c1cccc(S(N)(=O)=O)c1)N(C)C(=O)CN1C(=O)NC2(CCC(C(C)(C)C)CC2)C1=O. The molecule has 0 aromatic heterocycles. The Morgan fingerprint density at radius 1 is 1.27 bits per heavy atom. The number of carbonyl (C=O) groups excluding carboxylic acids is 3. The first-order valence-corrected chi connectivity index (χ1v) is 12.7. The van der Waals surface area contributed by atoms with E-state index in [1.165, 1.54) is 17.0 Å². The fourth-order valence-electron chi connectivity index (χ4n) is 4.77. The molecule has 33 heavy (non-hydrogen) atoms. The van der Waals surface area contributed by atoms with E-state index in [0.29, 0.717) is 24.3 Å². The molecule has 3 rings (SSSR count). The molecule has 1 atom stereocenters. The minimum atomic E-state index is -3.88. The lowest BCUT2D eigenvalue weighted by Gasteiger charge is -2.40. The van der Waals surface area contributed by atoms with Gasteiger partial charge in [0.25, 0.3) is 5.91 Å². The number of nitrogens with two attached hydrogens (primary N) is 1. The lowest BCUT2D eigenvalue weighted by Crippen LogP contribution is -2.51. The predicted molar refractivity (Wildman–Crippen MR) is 123 cm³/mol. The van der Waals surface area contributed by atoms with E-state index in [1.807, 2.05) is 0 Å². The Balaban J connectivity index is 1.69. The monoisotopic (exact) mass is 478 g/mol. The van der Waals surface area contributed by atoms with Gasteiger partial charge in [0.05, 0.1) is 10.9 Å². The van der Waals surface area contributed by atoms with E-state index in [9.17, 15) is 22.8 Å². The standard InChI is InChI=1S/C23H34N4O5S/c1-15(16-7-6-8-18(13-16)33(24,31)32)26(5)19(28)14-27-20(29)23(25-21(27)30)11-9-17(10-12-23)22(2,3)4/h6-8,13,15,17H,9-12,14H2,1-5H3,(H,25,30)(H2,24,31,32). The first-order valence-electron chi connectivity index (χ1n) is 11.2. The van der Waals surface area contributed by atoms with Crippen LogP contribution in [0.3, 0.4) is 0 Å². The van der Waals surface area contributed by atoms with Crippen LogP contribution in [0.2, 0.25) is 0 Å². The van der Waals surface area contributed by atoms with Crippen LogP contribution in [0, 0.1) is 11.3 Å². The first-order chi connectivity index (χ1) is 15.2. The van der Waals surface area contributed by atoms with Crippen molar-refractivity contribution in [2.75, 3.05) is 13.6 Å². The number of likely N-dealkylation sites (N-methyl/N-ethyl adjacent to an activating group) is 1. The average molecular weight is 479 g/mol. The number of urea groups is 1. The van der Waals surface area contributed by atoms with Crippen LogP contribution in [0.1, 0.15) is 65.0 Å². The molecule has 2 fully saturated rings. The molecule has 1 spiro atoms. The molecule has 9 nitrogen and oxygen atoms in total. The normalized spacial score (nSPS) is 24.7. The molecule has 2 aliphatic rings. The zero-order chi connectivity index (χ0) is 24.8. The number of nitrogens with zero attached hydrogens (tertiary/aromatic N) is 2. The van der Waals surface area contributed by atoms with E-state index in [4.69, 9.17) is 5.14 Å². The third kappa shape index (κ3) is 5.06.